The van der Waals surface area contributed by atoms with E-state index in [0.717, 1.165) is 11.5 Å². The second-order valence-electron chi connectivity index (χ2n) is 4.01. The van der Waals surface area contributed by atoms with Gasteiger partial charge in [0.1, 0.15) is 24.7 Å². The summed E-state index contributed by atoms with van der Waals surface area (Å²) in [6.45, 7) is 5.27. The summed E-state index contributed by atoms with van der Waals surface area (Å²) < 4.78 is 9.81. The third kappa shape index (κ3) is 5.77. The van der Waals surface area contributed by atoms with Crippen LogP contribution >= 0.6 is 0 Å². The van der Waals surface area contributed by atoms with Crippen molar-refractivity contribution < 1.29 is 19.1 Å². The van der Waals surface area contributed by atoms with Crippen LogP contribution in [-0.2, 0) is 30.0 Å². The summed E-state index contributed by atoms with van der Waals surface area (Å²) in [6.07, 6.45) is 2.46. The minimum absolute atomic E-state index is 0.102. The number of hydrogen-bond acceptors (Lipinski definition) is 4. The molecule has 0 aliphatic carbocycles. The molecule has 0 radical (unpaired) electrons. The smallest absolute Gasteiger partial charge is 0.356 e. The standard InChI is InChI=1S/C12H19O4S/c1-10(2)12(14)16-6-5-15-11(13)9-17-7-3-4-8-17/h1,3-9H2,2H3/q+1. The number of carbonyl (C=O) groups is 2. The fourth-order valence-corrected chi connectivity index (χ4v) is 3.61. The maximum atomic E-state index is 11.4. The minimum atomic E-state index is -0.446. The van der Waals surface area contributed by atoms with Crippen LogP contribution in [0.25, 0.3) is 0 Å². The van der Waals surface area contributed by atoms with Crippen molar-refractivity contribution in [3.05, 3.63) is 12.2 Å². The summed E-state index contributed by atoms with van der Waals surface area (Å²) >= 11 is 0. The third-order valence-corrected chi connectivity index (χ3v) is 4.74. The highest BCUT2D eigenvalue weighted by Crippen LogP contribution is 2.13. The molecular weight excluding hydrogens is 240 g/mol. The highest BCUT2D eigenvalue weighted by atomic mass is 32.2. The SMILES string of the molecule is C=C(C)C(=O)OCCOC(=O)C[S+]1CCCC1. The first-order valence-corrected chi connectivity index (χ1v) is 7.45. The van der Waals surface area contributed by atoms with E-state index in [2.05, 4.69) is 6.58 Å². The molecule has 0 amide bonds. The van der Waals surface area contributed by atoms with Crippen LogP contribution < -0.4 is 0 Å². The Kier molecular flexibility index (Phi) is 6.11. The fraction of sp³-hybridized carbons (Fsp3) is 0.667. The Morgan fingerprint density at radius 1 is 1.18 bits per heavy atom. The van der Waals surface area contributed by atoms with Gasteiger partial charge in [-0.3, -0.25) is 0 Å². The lowest BCUT2D eigenvalue weighted by Gasteiger charge is -2.05. The molecule has 1 aliphatic rings. The molecule has 0 N–H and O–H groups in total. The molecule has 1 fully saturated rings. The van der Waals surface area contributed by atoms with Gasteiger partial charge in [0.15, 0.2) is 0 Å². The van der Waals surface area contributed by atoms with Gasteiger partial charge < -0.3 is 9.47 Å². The minimum Gasteiger partial charge on any atom is -0.459 e. The monoisotopic (exact) mass is 259 g/mol. The van der Waals surface area contributed by atoms with Crippen molar-refractivity contribution in [3.63, 3.8) is 0 Å². The average molecular weight is 259 g/mol. The zero-order valence-electron chi connectivity index (χ0n) is 10.2. The Balaban J connectivity index is 2.03. The van der Waals surface area contributed by atoms with E-state index in [-0.39, 0.29) is 30.1 Å². The van der Waals surface area contributed by atoms with Gasteiger partial charge in [-0.05, 0) is 30.7 Å². The normalized spacial score (nSPS) is 15.6. The van der Waals surface area contributed by atoms with Gasteiger partial charge in [-0.2, -0.15) is 0 Å². The van der Waals surface area contributed by atoms with Crippen molar-refractivity contribution in [2.75, 3.05) is 30.5 Å². The number of hydrogen-bond donors (Lipinski definition) is 0. The summed E-state index contributed by atoms with van der Waals surface area (Å²) in [7, 11) is 0.225. The van der Waals surface area contributed by atoms with Gasteiger partial charge in [-0.15, -0.1) is 0 Å². The predicted octanol–water partition coefficient (Wildman–Crippen LogP) is 1.06. The molecule has 0 unspecified atom stereocenters. The highest BCUT2D eigenvalue weighted by Gasteiger charge is 2.27. The average Bonchev–Trinajstić information content (AvgIpc) is 2.76. The zero-order chi connectivity index (χ0) is 12.7. The maximum Gasteiger partial charge on any atom is 0.356 e. The fourth-order valence-electron chi connectivity index (χ4n) is 1.48. The van der Waals surface area contributed by atoms with Gasteiger partial charge in [0.2, 0.25) is 5.75 Å². The molecule has 0 spiro atoms. The van der Waals surface area contributed by atoms with E-state index in [4.69, 9.17) is 9.47 Å². The van der Waals surface area contributed by atoms with Gasteiger partial charge in [0.05, 0.1) is 0 Å². The molecular formula is C12H19O4S+. The molecule has 96 valence electrons. The van der Waals surface area contributed by atoms with Crippen LogP contribution in [0, 0.1) is 0 Å². The van der Waals surface area contributed by atoms with Crippen LogP contribution in [0.1, 0.15) is 19.8 Å². The van der Waals surface area contributed by atoms with Crippen LogP contribution in [-0.4, -0.2) is 42.4 Å². The first-order chi connectivity index (χ1) is 8.09. The van der Waals surface area contributed by atoms with Crippen LogP contribution in [0.4, 0.5) is 0 Å². The van der Waals surface area contributed by atoms with E-state index in [1.54, 1.807) is 6.92 Å². The topological polar surface area (TPSA) is 52.6 Å². The van der Waals surface area contributed by atoms with Crippen molar-refractivity contribution in [3.8, 4) is 0 Å². The molecule has 0 saturated carbocycles. The highest BCUT2D eigenvalue weighted by molar-refractivity contribution is 7.97. The molecule has 4 nitrogen and oxygen atoms in total. The lowest BCUT2D eigenvalue weighted by Crippen LogP contribution is -2.22. The van der Waals surface area contributed by atoms with Gasteiger partial charge in [-0.25, -0.2) is 9.59 Å². The Hall–Kier alpha value is -0.970. The quantitative estimate of drug-likeness (QED) is 0.310. The van der Waals surface area contributed by atoms with E-state index in [1.165, 1.54) is 12.8 Å². The summed E-state index contributed by atoms with van der Waals surface area (Å²) in [6, 6.07) is 0. The zero-order valence-corrected chi connectivity index (χ0v) is 11.0. The van der Waals surface area contributed by atoms with E-state index < -0.39 is 5.97 Å². The predicted molar refractivity (Wildman–Crippen MR) is 67.9 cm³/mol. The molecule has 17 heavy (non-hydrogen) atoms. The Bertz CT molecular complexity index is 295. The molecule has 5 heteroatoms. The first kappa shape index (κ1) is 14.1. The third-order valence-electron chi connectivity index (χ3n) is 2.37. The van der Waals surface area contributed by atoms with E-state index in [9.17, 15) is 9.59 Å². The van der Waals surface area contributed by atoms with E-state index >= 15 is 0 Å². The van der Waals surface area contributed by atoms with Crippen LogP contribution in [0.3, 0.4) is 0 Å². The lowest BCUT2D eigenvalue weighted by atomic mass is 10.4. The molecule has 1 rings (SSSR count). The summed E-state index contributed by atoms with van der Waals surface area (Å²) in [4.78, 5) is 22.4. The molecule has 1 aliphatic heterocycles. The summed E-state index contributed by atoms with van der Waals surface area (Å²) in [5.41, 5.74) is 0.351. The van der Waals surface area contributed by atoms with E-state index in [1.807, 2.05) is 0 Å². The van der Waals surface area contributed by atoms with Crippen LogP contribution in [0.15, 0.2) is 12.2 Å². The van der Waals surface area contributed by atoms with Crippen LogP contribution in [0.5, 0.6) is 0 Å². The second-order valence-corrected chi connectivity index (χ2v) is 6.34. The number of carbonyl (C=O) groups excluding carboxylic acids is 2. The molecule has 0 aromatic carbocycles. The van der Waals surface area contributed by atoms with Gasteiger partial charge in [-0.1, -0.05) is 6.58 Å². The maximum absolute atomic E-state index is 11.4. The number of esters is 2. The Morgan fingerprint density at radius 2 is 1.76 bits per heavy atom. The van der Waals surface area contributed by atoms with Crippen molar-refractivity contribution in [2.24, 2.45) is 0 Å². The summed E-state index contributed by atoms with van der Waals surface area (Å²) in [5.74, 6) is 2.20. The van der Waals surface area contributed by atoms with Gasteiger partial charge >= 0.3 is 11.9 Å². The van der Waals surface area contributed by atoms with Crippen molar-refractivity contribution >= 4 is 22.8 Å². The first-order valence-electron chi connectivity index (χ1n) is 5.72. The molecule has 0 bridgehead atoms. The Morgan fingerprint density at radius 3 is 2.35 bits per heavy atom. The molecule has 1 saturated heterocycles. The van der Waals surface area contributed by atoms with Crippen LogP contribution in [0.2, 0.25) is 0 Å². The molecule has 0 atom stereocenters. The van der Waals surface area contributed by atoms with Crippen molar-refractivity contribution in [1.29, 1.82) is 0 Å². The number of rotatable bonds is 6. The largest absolute Gasteiger partial charge is 0.459 e. The molecule has 1 heterocycles. The molecule has 0 aromatic rings. The second kappa shape index (κ2) is 7.37. The lowest BCUT2D eigenvalue weighted by molar-refractivity contribution is -0.148. The molecule has 0 aromatic heterocycles. The Labute approximate surface area is 105 Å². The number of ether oxygens (including phenoxy) is 2. The van der Waals surface area contributed by atoms with Crippen molar-refractivity contribution in [1.82, 2.24) is 0 Å². The van der Waals surface area contributed by atoms with Gasteiger partial charge in [0.25, 0.3) is 0 Å². The summed E-state index contributed by atoms with van der Waals surface area (Å²) in [5, 5.41) is 0. The van der Waals surface area contributed by atoms with Gasteiger partial charge in [0, 0.05) is 5.57 Å². The van der Waals surface area contributed by atoms with Crippen molar-refractivity contribution in [2.45, 2.75) is 19.8 Å². The van der Waals surface area contributed by atoms with E-state index in [0.29, 0.717) is 11.3 Å².